The Labute approximate surface area is 133 Å². The highest BCUT2D eigenvalue weighted by atomic mass is 19.2. The average molecular weight is 331 g/mol. The van der Waals surface area contributed by atoms with E-state index in [4.69, 9.17) is 4.74 Å². The molecular weight excluding hydrogens is 311 g/mol. The maximum Gasteiger partial charge on any atom is 0.308 e. The van der Waals surface area contributed by atoms with Crippen molar-refractivity contribution in [2.24, 2.45) is 0 Å². The fourth-order valence-corrected chi connectivity index (χ4v) is 2.03. The maximum atomic E-state index is 13.7. The van der Waals surface area contributed by atoms with Crippen LogP contribution >= 0.6 is 0 Å². The molecule has 0 aliphatic heterocycles. The van der Waals surface area contributed by atoms with E-state index in [1.54, 1.807) is 20.8 Å². The number of hydrogen-bond donors (Lipinski definition) is 1. The smallest absolute Gasteiger partial charge is 0.308 e. The summed E-state index contributed by atoms with van der Waals surface area (Å²) in [4.78, 5) is 23.1. The average Bonchev–Trinajstić information content (AvgIpc) is 2.32. The number of ether oxygens (including phenoxy) is 1. The SMILES string of the molecule is CC(=O)N[C@@H](CC(=O)OC(C)(C)C)Cc1cc(F)c(F)cc1F. The lowest BCUT2D eigenvalue weighted by Gasteiger charge is -2.23. The second-order valence-corrected chi connectivity index (χ2v) is 6.25. The van der Waals surface area contributed by atoms with Crippen molar-refractivity contribution in [1.29, 1.82) is 0 Å². The second kappa shape index (κ2) is 7.48. The summed E-state index contributed by atoms with van der Waals surface area (Å²) < 4.78 is 45.0. The van der Waals surface area contributed by atoms with Crippen LogP contribution in [0.1, 0.15) is 39.7 Å². The molecule has 0 unspecified atom stereocenters. The lowest BCUT2D eigenvalue weighted by Crippen LogP contribution is -2.38. The molecule has 0 aromatic heterocycles. The van der Waals surface area contributed by atoms with Crippen molar-refractivity contribution in [3.05, 3.63) is 35.1 Å². The van der Waals surface area contributed by atoms with Crippen molar-refractivity contribution in [3.8, 4) is 0 Å². The first-order chi connectivity index (χ1) is 10.5. The molecule has 0 aliphatic rings. The van der Waals surface area contributed by atoms with Crippen LogP contribution in [0.4, 0.5) is 13.2 Å². The highest BCUT2D eigenvalue weighted by Gasteiger charge is 2.23. The predicted molar refractivity (Wildman–Crippen MR) is 78.1 cm³/mol. The zero-order valence-corrected chi connectivity index (χ0v) is 13.5. The zero-order chi connectivity index (χ0) is 17.8. The highest BCUT2D eigenvalue weighted by molar-refractivity contribution is 5.75. The molecule has 1 aromatic carbocycles. The van der Waals surface area contributed by atoms with Crippen LogP contribution in [0.2, 0.25) is 0 Å². The van der Waals surface area contributed by atoms with E-state index in [1.807, 2.05) is 0 Å². The van der Waals surface area contributed by atoms with E-state index in [1.165, 1.54) is 6.92 Å². The van der Waals surface area contributed by atoms with Crippen molar-refractivity contribution < 1.29 is 27.5 Å². The summed E-state index contributed by atoms with van der Waals surface area (Å²) in [5.74, 6) is -4.45. The van der Waals surface area contributed by atoms with Gasteiger partial charge in [0, 0.05) is 19.0 Å². The van der Waals surface area contributed by atoms with Gasteiger partial charge in [0.2, 0.25) is 5.91 Å². The van der Waals surface area contributed by atoms with Gasteiger partial charge in [0.05, 0.1) is 6.42 Å². The maximum absolute atomic E-state index is 13.7. The molecule has 128 valence electrons. The molecule has 1 aromatic rings. The molecule has 0 spiro atoms. The molecule has 0 saturated carbocycles. The van der Waals surface area contributed by atoms with Crippen molar-refractivity contribution in [3.63, 3.8) is 0 Å². The van der Waals surface area contributed by atoms with Gasteiger partial charge in [-0.05, 0) is 38.8 Å². The van der Waals surface area contributed by atoms with Gasteiger partial charge in [-0.1, -0.05) is 0 Å². The van der Waals surface area contributed by atoms with Crippen LogP contribution in [0.15, 0.2) is 12.1 Å². The summed E-state index contributed by atoms with van der Waals surface area (Å²) in [6, 6.07) is 0.360. The molecule has 7 heteroatoms. The molecule has 1 rings (SSSR count). The lowest BCUT2D eigenvalue weighted by molar-refractivity contribution is -0.155. The van der Waals surface area contributed by atoms with Gasteiger partial charge in [0.15, 0.2) is 11.6 Å². The Morgan fingerprint density at radius 2 is 1.70 bits per heavy atom. The van der Waals surface area contributed by atoms with Crippen LogP contribution in [0.5, 0.6) is 0 Å². The number of nitrogens with one attached hydrogen (secondary N) is 1. The molecule has 0 radical (unpaired) electrons. The molecule has 0 aliphatic carbocycles. The summed E-state index contributed by atoms with van der Waals surface area (Å²) in [6.45, 7) is 6.30. The van der Waals surface area contributed by atoms with Gasteiger partial charge >= 0.3 is 5.97 Å². The van der Waals surface area contributed by atoms with Gasteiger partial charge in [0.1, 0.15) is 11.4 Å². The van der Waals surface area contributed by atoms with Crippen molar-refractivity contribution >= 4 is 11.9 Å². The molecule has 1 atom stereocenters. The van der Waals surface area contributed by atoms with Gasteiger partial charge in [-0.3, -0.25) is 9.59 Å². The standard InChI is InChI=1S/C16H20F3NO3/c1-9(21)20-11(7-15(22)23-16(2,3)4)5-10-6-13(18)14(19)8-12(10)17/h6,8,11H,5,7H2,1-4H3,(H,20,21)/t11-/m1/s1. The minimum absolute atomic E-state index is 0.133. The summed E-state index contributed by atoms with van der Waals surface area (Å²) >= 11 is 0. The molecule has 4 nitrogen and oxygen atoms in total. The minimum Gasteiger partial charge on any atom is -0.460 e. The quantitative estimate of drug-likeness (QED) is 0.667. The summed E-state index contributed by atoms with van der Waals surface area (Å²) in [6.07, 6.45) is -0.378. The molecule has 1 amide bonds. The van der Waals surface area contributed by atoms with Gasteiger partial charge in [-0.15, -0.1) is 0 Å². The Bertz CT molecular complexity index is 597. The summed E-state index contributed by atoms with van der Waals surface area (Å²) in [7, 11) is 0. The molecule has 0 heterocycles. The number of halogens is 3. The minimum atomic E-state index is -1.30. The van der Waals surface area contributed by atoms with Crippen LogP contribution in [0.3, 0.4) is 0 Å². The van der Waals surface area contributed by atoms with Gasteiger partial charge < -0.3 is 10.1 Å². The van der Waals surface area contributed by atoms with Crippen LogP contribution in [-0.4, -0.2) is 23.5 Å². The fourth-order valence-electron chi connectivity index (χ4n) is 2.03. The highest BCUT2D eigenvalue weighted by Crippen LogP contribution is 2.17. The first-order valence-corrected chi connectivity index (χ1v) is 7.10. The molecule has 23 heavy (non-hydrogen) atoms. The van der Waals surface area contributed by atoms with Crippen LogP contribution < -0.4 is 5.32 Å². The Kier molecular flexibility index (Phi) is 6.18. The van der Waals surface area contributed by atoms with Gasteiger partial charge in [-0.2, -0.15) is 0 Å². The molecule has 0 fully saturated rings. The van der Waals surface area contributed by atoms with E-state index in [0.29, 0.717) is 12.1 Å². The first-order valence-electron chi connectivity index (χ1n) is 7.10. The van der Waals surface area contributed by atoms with E-state index in [-0.39, 0.29) is 18.4 Å². The van der Waals surface area contributed by atoms with Crippen LogP contribution in [0, 0.1) is 17.5 Å². The van der Waals surface area contributed by atoms with Crippen molar-refractivity contribution in [1.82, 2.24) is 5.32 Å². The largest absolute Gasteiger partial charge is 0.460 e. The Hall–Kier alpha value is -2.05. The van der Waals surface area contributed by atoms with E-state index in [2.05, 4.69) is 5.32 Å². The second-order valence-electron chi connectivity index (χ2n) is 6.25. The predicted octanol–water partition coefficient (Wildman–Crippen LogP) is 2.88. The van der Waals surface area contributed by atoms with Crippen molar-refractivity contribution in [2.75, 3.05) is 0 Å². The summed E-state index contributed by atoms with van der Waals surface area (Å²) in [5.41, 5.74) is -0.836. The number of carbonyl (C=O) groups excluding carboxylic acids is 2. The fraction of sp³-hybridized carbons (Fsp3) is 0.500. The van der Waals surface area contributed by atoms with E-state index >= 15 is 0 Å². The third-order valence-corrected chi connectivity index (χ3v) is 2.80. The number of benzene rings is 1. The lowest BCUT2D eigenvalue weighted by atomic mass is 10.0. The Morgan fingerprint density at radius 3 is 2.22 bits per heavy atom. The van der Waals surface area contributed by atoms with Crippen molar-refractivity contribution in [2.45, 2.75) is 52.2 Å². The monoisotopic (exact) mass is 331 g/mol. The van der Waals surface area contributed by atoms with Gasteiger partial charge in [-0.25, -0.2) is 13.2 Å². The molecule has 0 saturated heterocycles. The van der Waals surface area contributed by atoms with Crippen LogP contribution in [0.25, 0.3) is 0 Å². The number of amides is 1. The van der Waals surface area contributed by atoms with E-state index < -0.39 is 41.0 Å². The summed E-state index contributed by atoms with van der Waals surface area (Å²) in [5, 5.41) is 2.48. The molecule has 1 N–H and O–H groups in total. The Morgan fingerprint density at radius 1 is 1.13 bits per heavy atom. The Balaban J connectivity index is 2.89. The number of esters is 1. The topological polar surface area (TPSA) is 55.4 Å². The van der Waals surface area contributed by atoms with E-state index in [0.717, 1.165) is 0 Å². The number of carbonyl (C=O) groups is 2. The zero-order valence-electron chi connectivity index (χ0n) is 13.5. The van der Waals surface area contributed by atoms with E-state index in [9.17, 15) is 22.8 Å². The molecular formula is C16H20F3NO3. The number of rotatable bonds is 5. The number of hydrogen-bond acceptors (Lipinski definition) is 3. The van der Waals surface area contributed by atoms with Gasteiger partial charge in [0.25, 0.3) is 0 Å². The molecule has 0 bridgehead atoms. The van der Waals surface area contributed by atoms with Crippen LogP contribution in [-0.2, 0) is 20.7 Å². The normalized spacial score (nSPS) is 12.7. The first kappa shape index (κ1) is 19.0. The third-order valence-electron chi connectivity index (χ3n) is 2.80. The third kappa shape index (κ3) is 6.71.